The third-order valence-corrected chi connectivity index (χ3v) is 4.83. The van der Waals surface area contributed by atoms with E-state index in [1.807, 2.05) is 25.7 Å². The van der Waals surface area contributed by atoms with Crippen molar-refractivity contribution in [2.24, 2.45) is 0 Å². The fourth-order valence-corrected chi connectivity index (χ4v) is 3.78. The van der Waals surface area contributed by atoms with Crippen LogP contribution in [-0.2, 0) is 10.5 Å². The minimum absolute atomic E-state index is 0.218. The molecule has 0 amide bonds. The second-order valence-corrected chi connectivity index (χ2v) is 11.6. The van der Waals surface area contributed by atoms with E-state index in [4.69, 9.17) is 4.43 Å². The number of benzene rings is 2. The summed E-state index contributed by atoms with van der Waals surface area (Å²) in [6.07, 6.45) is 1.32. The van der Waals surface area contributed by atoms with Gasteiger partial charge in [0.1, 0.15) is 5.82 Å². The molecular formula is C20H22F2N2OSi. The highest BCUT2D eigenvalue weighted by Gasteiger charge is 2.46. The second kappa shape index (κ2) is 7.13. The molecule has 26 heavy (non-hydrogen) atoms. The number of imidazole rings is 1. The van der Waals surface area contributed by atoms with Gasteiger partial charge in [-0.2, -0.15) is 8.78 Å². The van der Waals surface area contributed by atoms with Gasteiger partial charge in [0.2, 0.25) is 0 Å². The van der Waals surface area contributed by atoms with Crippen LogP contribution in [0.3, 0.4) is 0 Å². The quantitative estimate of drug-likeness (QED) is 0.520. The molecule has 6 heteroatoms. The number of hydrogen-bond donors (Lipinski definition) is 0. The molecule has 0 spiro atoms. The Balaban J connectivity index is 2.08. The standard InChI is InChI=1S/C20H22F2N2OSi/c1-26(2,3)25-18(16-10-6-4-7-11-16)20(21,22)24-15-14-23-19(24)17-12-8-5-9-13-17/h4-15,18H,1-3H3/t18-/m1/s1. The van der Waals surface area contributed by atoms with Crippen LogP contribution < -0.4 is 0 Å². The molecule has 0 saturated heterocycles. The van der Waals surface area contributed by atoms with Gasteiger partial charge in [0.25, 0.3) is 0 Å². The molecular weight excluding hydrogens is 350 g/mol. The molecule has 1 atom stereocenters. The van der Waals surface area contributed by atoms with Crippen molar-refractivity contribution in [3.63, 3.8) is 0 Å². The lowest BCUT2D eigenvalue weighted by Gasteiger charge is -2.34. The van der Waals surface area contributed by atoms with Crippen molar-refractivity contribution in [1.29, 1.82) is 0 Å². The van der Waals surface area contributed by atoms with Gasteiger partial charge < -0.3 is 4.43 Å². The van der Waals surface area contributed by atoms with E-state index in [0.717, 1.165) is 4.57 Å². The predicted octanol–water partition coefficient (Wildman–Crippen LogP) is 5.69. The highest BCUT2D eigenvalue weighted by Crippen LogP contribution is 2.42. The van der Waals surface area contributed by atoms with Crippen LogP contribution in [0.2, 0.25) is 19.6 Å². The lowest BCUT2D eigenvalue weighted by atomic mass is 10.1. The van der Waals surface area contributed by atoms with Crippen molar-refractivity contribution in [2.75, 3.05) is 0 Å². The lowest BCUT2D eigenvalue weighted by molar-refractivity contribution is -0.166. The molecule has 3 nitrogen and oxygen atoms in total. The third kappa shape index (κ3) is 3.92. The van der Waals surface area contributed by atoms with Crippen molar-refractivity contribution in [3.8, 4) is 11.4 Å². The van der Waals surface area contributed by atoms with Gasteiger partial charge in [-0.25, -0.2) is 4.98 Å². The first-order valence-electron chi connectivity index (χ1n) is 8.49. The Morgan fingerprint density at radius 1 is 0.962 bits per heavy atom. The second-order valence-electron chi connectivity index (χ2n) is 7.10. The molecule has 2 aromatic carbocycles. The van der Waals surface area contributed by atoms with E-state index in [0.29, 0.717) is 11.1 Å². The van der Waals surface area contributed by atoms with Crippen molar-refractivity contribution in [2.45, 2.75) is 31.8 Å². The topological polar surface area (TPSA) is 27.1 Å². The maximum Gasteiger partial charge on any atom is 0.359 e. The summed E-state index contributed by atoms with van der Waals surface area (Å²) in [4.78, 5) is 4.16. The maximum absolute atomic E-state index is 15.6. The zero-order valence-electron chi connectivity index (χ0n) is 15.1. The molecule has 0 fully saturated rings. The average molecular weight is 372 g/mol. The Kier molecular flexibility index (Phi) is 5.07. The molecule has 136 valence electrons. The molecule has 0 N–H and O–H groups in total. The van der Waals surface area contributed by atoms with Gasteiger partial charge >= 0.3 is 6.05 Å². The number of hydrogen-bond acceptors (Lipinski definition) is 2. The van der Waals surface area contributed by atoms with Gasteiger partial charge in [0.15, 0.2) is 14.4 Å². The summed E-state index contributed by atoms with van der Waals surface area (Å²) in [6, 6.07) is 14.4. The highest BCUT2D eigenvalue weighted by atomic mass is 28.4. The van der Waals surface area contributed by atoms with Gasteiger partial charge in [-0.3, -0.25) is 4.57 Å². The Labute approximate surface area is 153 Å². The fourth-order valence-electron chi connectivity index (χ4n) is 2.79. The van der Waals surface area contributed by atoms with Gasteiger partial charge in [0, 0.05) is 18.0 Å². The minimum atomic E-state index is -3.29. The number of halogens is 2. The van der Waals surface area contributed by atoms with E-state index < -0.39 is 20.5 Å². The first kappa shape index (κ1) is 18.5. The Morgan fingerprint density at radius 3 is 2.12 bits per heavy atom. The van der Waals surface area contributed by atoms with Crippen LogP contribution in [0.5, 0.6) is 0 Å². The van der Waals surface area contributed by atoms with Crippen molar-refractivity contribution in [1.82, 2.24) is 9.55 Å². The number of nitrogens with zero attached hydrogens (tertiary/aromatic N) is 2. The van der Waals surface area contributed by atoms with E-state index in [2.05, 4.69) is 4.98 Å². The van der Waals surface area contributed by atoms with Crippen molar-refractivity contribution >= 4 is 8.32 Å². The number of aromatic nitrogens is 2. The molecule has 0 radical (unpaired) electrons. The molecule has 1 heterocycles. The van der Waals surface area contributed by atoms with E-state index in [9.17, 15) is 0 Å². The molecule has 0 aliphatic heterocycles. The first-order valence-corrected chi connectivity index (χ1v) is 11.9. The van der Waals surface area contributed by atoms with E-state index in [1.54, 1.807) is 54.6 Å². The molecule has 0 unspecified atom stereocenters. The smallest absolute Gasteiger partial charge is 0.359 e. The SMILES string of the molecule is C[Si](C)(C)O[C@H](c1ccccc1)C(F)(F)n1ccnc1-c1ccccc1. The Bertz CT molecular complexity index is 845. The van der Waals surface area contributed by atoms with Crippen LogP contribution in [0.15, 0.2) is 73.1 Å². The average Bonchev–Trinajstić information content (AvgIpc) is 3.11. The van der Waals surface area contributed by atoms with Crippen molar-refractivity contribution < 1.29 is 13.2 Å². The van der Waals surface area contributed by atoms with E-state index in [-0.39, 0.29) is 5.82 Å². The van der Waals surface area contributed by atoms with E-state index in [1.165, 1.54) is 12.4 Å². The maximum atomic E-state index is 15.6. The number of alkyl halides is 2. The minimum Gasteiger partial charge on any atom is -0.403 e. The number of rotatable bonds is 6. The summed E-state index contributed by atoms with van der Waals surface area (Å²) in [5, 5.41) is 0. The summed E-state index contributed by atoms with van der Waals surface area (Å²) in [6.45, 7) is 5.72. The predicted molar refractivity (Wildman–Crippen MR) is 101 cm³/mol. The Morgan fingerprint density at radius 2 is 1.54 bits per heavy atom. The third-order valence-electron chi connectivity index (χ3n) is 3.88. The van der Waals surface area contributed by atoms with Crippen LogP contribution in [0.25, 0.3) is 11.4 Å². The van der Waals surface area contributed by atoms with Crippen LogP contribution in [-0.4, -0.2) is 17.9 Å². The highest BCUT2D eigenvalue weighted by molar-refractivity contribution is 6.69. The normalized spacial score (nSPS) is 13.6. The van der Waals surface area contributed by atoms with Gasteiger partial charge in [0.05, 0.1) is 0 Å². The van der Waals surface area contributed by atoms with Gasteiger partial charge in [-0.1, -0.05) is 60.7 Å². The summed E-state index contributed by atoms with van der Waals surface area (Å²) >= 11 is 0. The molecule has 3 aromatic rings. The van der Waals surface area contributed by atoms with Crippen molar-refractivity contribution in [3.05, 3.63) is 78.6 Å². The molecule has 0 bridgehead atoms. The summed E-state index contributed by atoms with van der Waals surface area (Å²) in [5.41, 5.74) is 1.09. The molecule has 0 aliphatic carbocycles. The lowest BCUT2D eigenvalue weighted by Crippen LogP contribution is -2.39. The largest absolute Gasteiger partial charge is 0.403 e. The molecule has 0 saturated carbocycles. The zero-order chi connectivity index (χ0) is 18.8. The van der Waals surface area contributed by atoms with Crippen LogP contribution in [0.1, 0.15) is 11.7 Å². The molecule has 1 aromatic heterocycles. The summed E-state index contributed by atoms with van der Waals surface area (Å²) < 4.78 is 38.1. The van der Waals surface area contributed by atoms with Crippen LogP contribution in [0.4, 0.5) is 8.78 Å². The van der Waals surface area contributed by atoms with Gasteiger partial charge in [-0.15, -0.1) is 0 Å². The monoisotopic (exact) mass is 372 g/mol. The van der Waals surface area contributed by atoms with Crippen LogP contribution in [0, 0.1) is 0 Å². The zero-order valence-corrected chi connectivity index (χ0v) is 16.1. The van der Waals surface area contributed by atoms with Crippen LogP contribution >= 0.6 is 0 Å². The van der Waals surface area contributed by atoms with E-state index >= 15 is 8.78 Å². The molecule has 3 rings (SSSR count). The summed E-state index contributed by atoms with van der Waals surface area (Å²) in [5.74, 6) is 0.218. The first-order chi connectivity index (χ1) is 12.3. The summed E-state index contributed by atoms with van der Waals surface area (Å²) in [7, 11) is -2.24. The Hall–Kier alpha value is -2.31. The van der Waals surface area contributed by atoms with Gasteiger partial charge in [-0.05, 0) is 25.2 Å². The molecule has 0 aliphatic rings. The fraction of sp³-hybridized carbons (Fsp3) is 0.250.